The molecule has 1 N–H and O–H groups in total. The van der Waals surface area contributed by atoms with E-state index in [1.165, 1.54) is 4.68 Å². The molecule has 2 heterocycles. The maximum atomic E-state index is 12.4. The smallest absolute Gasteiger partial charge is 0.290 e. The van der Waals surface area contributed by atoms with Gasteiger partial charge in [0, 0.05) is 5.39 Å². The average molecular weight is 393 g/mol. The van der Waals surface area contributed by atoms with Gasteiger partial charge in [0.05, 0.1) is 23.0 Å². The Balaban J connectivity index is 1.39. The second kappa shape index (κ2) is 7.69. The summed E-state index contributed by atoms with van der Waals surface area (Å²) in [5.41, 5.74) is 0.637. The van der Waals surface area contributed by atoms with Crippen molar-refractivity contribution in [1.29, 1.82) is 0 Å². The molecular formula is C20H15N3O4S. The number of hydrogen-bond acceptors (Lipinski definition) is 6. The van der Waals surface area contributed by atoms with E-state index >= 15 is 0 Å². The molecule has 1 aliphatic heterocycles. The third-order valence-electron chi connectivity index (χ3n) is 4.15. The van der Waals surface area contributed by atoms with Gasteiger partial charge < -0.3 is 4.74 Å². The number of thioether (sulfide) groups is 1. The van der Waals surface area contributed by atoms with E-state index in [-0.39, 0.29) is 16.7 Å². The summed E-state index contributed by atoms with van der Waals surface area (Å²) in [5.74, 6) is 0.249. The number of imide groups is 1. The molecule has 8 heteroatoms. The van der Waals surface area contributed by atoms with E-state index in [2.05, 4.69) is 10.4 Å². The first kappa shape index (κ1) is 18.0. The topological polar surface area (TPSA) is 90.3 Å². The highest BCUT2D eigenvalue weighted by molar-refractivity contribution is 8.18. The summed E-state index contributed by atoms with van der Waals surface area (Å²) in [6.07, 6.45) is 3.31. The Kier molecular flexibility index (Phi) is 4.94. The Morgan fingerprint density at radius 3 is 2.61 bits per heavy atom. The van der Waals surface area contributed by atoms with Crippen molar-refractivity contribution in [2.45, 2.75) is 6.54 Å². The third kappa shape index (κ3) is 3.81. The van der Waals surface area contributed by atoms with Gasteiger partial charge in [0.1, 0.15) is 12.4 Å². The second-order valence-corrected chi connectivity index (χ2v) is 7.04. The molecule has 0 aliphatic carbocycles. The van der Waals surface area contributed by atoms with Crippen LogP contribution in [-0.2, 0) is 11.3 Å². The lowest BCUT2D eigenvalue weighted by atomic mass is 10.2. The van der Waals surface area contributed by atoms with E-state index in [0.717, 1.165) is 22.7 Å². The van der Waals surface area contributed by atoms with Gasteiger partial charge in [0.15, 0.2) is 0 Å². The van der Waals surface area contributed by atoms with Gasteiger partial charge in [0.25, 0.3) is 16.7 Å². The summed E-state index contributed by atoms with van der Waals surface area (Å²) >= 11 is 0.877. The first-order valence-corrected chi connectivity index (χ1v) is 9.34. The van der Waals surface area contributed by atoms with Gasteiger partial charge in [-0.05, 0) is 41.6 Å². The summed E-state index contributed by atoms with van der Waals surface area (Å²) in [5, 5.41) is 7.46. The number of benzene rings is 2. The van der Waals surface area contributed by atoms with Crippen molar-refractivity contribution in [3.8, 4) is 5.75 Å². The molecule has 0 unspecified atom stereocenters. The van der Waals surface area contributed by atoms with Crippen LogP contribution in [-0.4, -0.2) is 27.5 Å². The number of amides is 2. The Morgan fingerprint density at radius 1 is 1.07 bits per heavy atom. The number of carbonyl (C=O) groups is 2. The predicted octanol–water partition coefficient (Wildman–Crippen LogP) is 2.80. The first-order valence-electron chi connectivity index (χ1n) is 8.53. The molecule has 1 aromatic heterocycles. The number of hydrogen-bond donors (Lipinski definition) is 1. The molecule has 0 atom stereocenters. The molecule has 2 amide bonds. The van der Waals surface area contributed by atoms with Crippen LogP contribution in [0, 0.1) is 0 Å². The Bertz CT molecular complexity index is 1150. The van der Waals surface area contributed by atoms with Crippen LogP contribution in [0.1, 0.15) is 5.56 Å². The van der Waals surface area contributed by atoms with Gasteiger partial charge in [0.2, 0.25) is 0 Å². The predicted molar refractivity (Wildman–Crippen MR) is 107 cm³/mol. The Morgan fingerprint density at radius 2 is 1.86 bits per heavy atom. The number of fused-ring (bicyclic) bond motifs is 1. The van der Waals surface area contributed by atoms with Crippen LogP contribution < -0.4 is 15.6 Å². The maximum absolute atomic E-state index is 12.4. The van der Waals surface area contributed by atoms with Crippen molar-refractivity contribution >= 4 is 39.8 Å². The van der Waals surface area contributed by atoms with E-state index in [1.807, 2.05) is 18.2 Å². The molecule has 3 aromatic rings. The minimum absolute atomic E-state index is 0.148. The second-order valence-electron chi connectivity index (χ2n) is 6.03. The third-order valence-corrected chi connectivity index (χ3v) is 4.96. The summed E-state index contributed by atoms with van der Waals surface area (Å²) in [6, 6.07) is 14.4. The fourth-order valence-electron chi connectivity index (χ4n) is 2.77. The zero-order chi connectivity index (χ0) is 19.5. The molecule has 1 saturated heterocycles. The van der Waals surface area contributed by atoms with Crippen LogP contribution in [0.4, 0.5) is 4.79 Å². The van der Waals surface area contributed by atoms with E-state index in [0.29, 0.717) is 29.2 Å². The number of ether oxygens (including phenoxy) is 1. The molecule has 0 bridgehead atoms. The average Bonchev–Trinajstić information content (AvgIpc) is 3.02. The lowest BCUT2D eigenvalue weighted by Gasteiger charge is -2.08. The van der Waals surface area contributed by atoms with E-state index in [4.69, 9.17) is 4.74 Å². The zero-order valence-electron chi connectivity index (χ0n) is 14.6. The molecule has 28 heavy (non-hydrogen) atoms. The van der Waals surface area contributed by atoms with E-state index in [1.54, 1.807) is 42.6 Å². The lowest BCUT2D eigenvalue weighted by molar-refractivity contribution is -0.115. The first-order chi connectivity index (χ1) is 13.6. The molecule has 0 radical (unpaired) electrons. The van der Waals surface area contributed by atoms with Crippen LogP contribution in [0.2, 0.25) is 0 Å². The SMILES string of the molecule is O=C1NC(=O)/C(=C/c2ccc(OCCn3ncc4ccccc4c3=O)cc2)S1. The zero-order valence-corrected chi connectivity index (χ0v) is 15.4. The van der Waals surface area contributed by atoms with Gasteiger partial charge in [-0.2, -0.15) is 5.10 Å². The number of carbonyl (C=O) groups excluding carboxylic acids is 2. The highest BCUT2D eigenvalue weighted by Gasteiger charge is 2.24. The Hall–Kier alpha value is -3.39. The van der Waals surface area contributed by atoms with Crippen molar-refractivity contribution in [2.24, 2.45) is 0 Å². The van der Waals surface area contributed by atoms with E-state index in [9.17, 15) is 14.4 Å². The number of nitrogens with zero attached hydrogens (tertiary/aromatic N) is 2. The summed E-state index contributed by atoms with van der Waals surface area (Å²) < 4.78 is 7.06. The molecule has 2 aromatic carbocycles. The molecule has 4 rings (SSSR count). The van der Waals surface area contributed by atoms with Gasteiger partial charge >= 0.3 is 0 Å². The van der Waals surface area contributed by atoms with Gasteiger partial charge in [-0.25, -0.2) is 4.68 Å². The summed E-state index contributed by atoms with van der Waals surface area (Å²) in [4.78, 5) is 35.5. The molecule has 1 fully saturated rings. The standard InChI is InChI=1S/C20H15N3O4S/c24-18-17(28-20(26)22-18)11-13-5-7-15(8-6-13)27-10-9-23-19(25)16-4-2-1-3-14(16)12-21-23/h1-8,11-12H,9-10H2,(H,22,24,26)/b17-11-. The molecular weight excluding hydrogens is 378 g/mol. The normalized spacial score (nSPS) is 15.2. The minimum atomic E-state index is -0.386. The largest absolute Gasteiger partial charge is 0.492 e. The van der Waals surface area contributed by atoms with Crippen LogP contribution in [0.25, 0.3) is 16.8 Å². The van der Waals surface area contributed by atoms with Crippen molar-refractivity contribution < 1.29 is 14.3 Å². The van der Waals surface area contributed by atoms with Crippen molar-refractivity contribution in [1.82, 2.24) is 15.1 Å². The van der Waals surface area contributed by atoms with Crippen LogP contribution in [0.5, 0.6) is 5.75 Å². The molecule has 0 spiro atoms. The van der Waals surface area contributed by atoms with Gasteiger partial charge in [-0.3, -0.25) is 19.7 Å². The van der Waals surface area contributed by atoms with Gasteiger partial charge in [-0.15, -0.1) is 0 Å². The minimum Gasteiger partial charge on any atom is -0.492 e. The fourth-order valence-corrected chi connectivity index (χ4v) is 3.45. The molecule has 140 valence electrons. The lowest BCUT2D eigenvalue weighted by Crippen LogP contribution is -2.25. The molecule has 7 nitrogen and oxygen atoms in total. The highest BCUT2D eigenvalue weighted by atomic mass is 32.2. The number of aromatic nitrogens is 2. The quantitative estimate of drug-likeness (QED) is 0.671. The van der Waals surface area contributed by atoms with Crippen molar-refractivity contribution in [3.63, 3.8) is 0 Å². The fraction of sp³-hybridized carbons (Fsp3) is 0.100. The van der Waals surface area contributed by atoms with Gasteiger partial charge in [-0.1, -0.05) is 30.3 Å². The van der Waals surface area contributed by atoms with Crippen molar-refractivity contribution in [2.75, 3.05) is 6.61 Å². The Labute approximate surface area is 164 Å². The maximum Gasteiger partial charge on any atom is 0.290 e. The van der Waals surface area contributed by atoms with Crippen LogP contribution in [0.3, 0.4) is 0 Å². The summed E-state index contributed by atoms with van der Waals surface area (Å²) in [7, 11) is 0. The monoisotopic (exact) mass is 393 g/mol. The summed E-state index contributed by atoms with van der Waals surface area (Å²) in [6.45, 7) is 0.618. The number of nitrogens with one attached hydrogen (secondary N) is 1. The van der Waals surface area contributed by atoms with Crippen LogP contribution >= 0.6 is 11.8 Å². The molecule has 0 saturated carbocycles. The highest BCUT2D eigenvalue weighted by Crippen LogP contribution is 2.26. The molecule has 1 aliphatic rings. The van der Waals surface area contributed by atoms with Crippen molar-refractivity contribution in [3.05, 3.63) is 75.6 Å². The van der Waals surface area contributed by atoms with E-state index < -0.39 is 0 Å². The number of rotatable bonds is 5. The van der Waals surface area contributed by atoms with Crippen LogP contribution in [0.15, 0.2) is 64.4 Å².